The van der Waals surface area contributed by atoms with Gasteiger partial charge in [-0.15, -0.1) is 0 Å². The molecule has 1 rings (SSSR count). The van der Waals surface area contributed by atoms with Crippen LogP contribution in [0, 0.1) is 10.1 Å². The molecule has 0 atom stereocenters. The molecular weight excluding hydrogens is 248 g/mol. The van der Waals surface area contributed by atoms with Gasteiger partial charge in [-0.1, -0.05) is 41.7 Å². The summed E-state index contributed by atoms with van der Waals surface area (Å²) in [4.78, 5) is 9.99. The molecule has 0 N–H and O–H groups in total. The molecular formula is C8H6Cl3NO2. The van der Waals surface area contributed by atoms with Crippen molar-refractivity contribution < 1.29 is 4.92 Å². The van der Waals surface area contributed by atoms with Gasteiger partial charge >= 0.3 is 0 Å². The summed E-state index contributed by atoms with van der Waals surface area (Å²) in [6, 6.07) is 1.16. The average molecular weight is 254 g/mol. The van der Waals surface area contributed by atoms with Gasteiger partial charge in [0.25, 0.3) is 5.69 Å². The molecule has 1 aromatic rings. The highest BCUT2D eigenvalue weighted by molar-refractivity contribution is 6.44. The molecule has 0 radical (unpaired) electrons. The van der Waals surface area contributed by atoms with Crippen molar-refractivity contribution in [3.05, 3.63) is 36.8 Å². The van der Waals surface area contributed by atoms with Crippen molar-refractivity contribution in [1.82, 2.24) is 0 Å². The van der Waals surface area contributed by atoms with E-state index in [4.69, 9.17) is 34.8 Å². The molecule has 3 nitrogen and oxygen atoms in total. The first-order valence-corrected chi connectivity index (χ1v) is 4.93. The lowest BCUT2D eigenvalue weighted by atomic mass is 10.1. The Hall–Kier alpha value is -0.510. The molecule has 1 aromatic carbocycles. The molecule has 6 heteroatoms. The maximum absolute atomic E-state index is 10.6. The van der Waals surface area contributed by atoms with Crippen LogP contribution in [-0.2, 0) is 6.42 Å². The fraction of sp³-hybridized carbons (Fsp3) is 0.250. The van der Waals surface area contributed by atoms with E-state index in [1.54, 1.807) is 6.92 Å². The maximum Gasteiger partial charge on any atom is 0.289 e. The molecule has 0 aliphatic heterocycles. The van der Waals surface area contributed by atoms with Gasteiger partial charge in [0.2, 0.25) is 0 Å². The van der Waals surface area contributed by atoms with Crippen molar-refractivity contribution in [2.24, 2.45) is 0 Å². The van der Waals surface area contributed by atoms with Crippen LogP contribution < -0.4 is 0 Å². The second-order valence-electron chi connectivity index (χ2n) is 2.59. The number of nitro benzene ring substituents is 1. The minimum absolute atomic E-state index is 0.0619. The van der Waals surface area contributed by atoms with Crippen molar-refractivity contribution in [1.29, 1.82) is 0 Å². The Morgan fingerprint density at radius 2 is 1.93 bits per heavy atom. The fourth-order valence-corrected chi connectivity index (χ4v) is 1.99. The zero-order valence-corrected chi connectivity index (χ0v) is 9.45. The number of hydrogen-bond donors (Lipinski definition) is 0. The van der Waals surface area contributed by atoms with Crippen LogP contribution in [0.25, 0.3) is 0 Å². The van der Waals surface area contributed by atoms with Gasteiger partial charge in [-0.25, -0.2) is 0 Å². The standard InChI is InChI=1S/C8H6Cl3NO2/c1-2-4-7(10)5(9)3-6(8(4)11)12(13)14/h3H,2H2,1H3. The lowest BCUT2D eigenvalue weighted by Gasteiger charge is -2.06. The predicted molar refractivity (Wildman–Crippen MR) is 57.5 cm³/mol. The van der Waals surface area contributed by atoms with Crippen LogP contribution in [0.2, 0.25) is 15.1 Å². The molecule has 0 spiro atoms. The molecule has 0 bridgehead atoms. The molecule has 0 heterocycles. The summed E-state index contributed by atoms with van der Waals surface area (Å²) in [6.45, 7) is 1.80. The fourth-order valence-electron chi connectivity index (χ4n) is 1.09. The van der Waals surface area contributed by atoms with E-state index in [-0.39, 0.29) is 20.8 Å². The van der Waals surface area contributed by atoms with E-state index in [2.05, 4.69) is 0 Å². The maximum atomic E-state index is 10.6. The predicted octanol–water partition coefficient (Wildman–Crippen LogP) is 4.12. The van der Waals surface area contributed by atoms with Gasteiger partial charge in [0, 0.05) is 6.07 Å². The highest BCUT2D eigenvalue weighted by Gasteiger charge is 2.20. The zero-order chi connectivity index (χ0) is 10.9. The summed E-state index contributed by atoms with van der Waals surface area (Å²) in [5, 5.41) is 11.1. The van der Waals surface area contributed by atoms with Gasteiger partial charge in [0.1, 0.15) is 5.02 Å². The van der Waals surface area contributed by atoms with E-state index in [0.29, 0.717) is 12.0 Å². The topological polar surface area (TPSA) is 43.1 Å². The Morgan fingerprint density at radius 3 is 2.36 bits per heavy atom. The van der Waals surface area contributed by atoms with Crippen molar-refractivity contribution in [3.63, 3.8) is 0 Å². The lowest BCUT2D eigenvalue weighted by Crippen LogP contribution is -1.94. The van der Waals surface area contributed by atoms with Gasteiger partial charge in [0.05, 0.1) is 15.0 Å². The molecule has 0 fully saturated rings. The number of rotatable bonds is 2. The van der Waals surface area contributed by atoms with E-state index in [1.165, 1.54) is 0 Å². The van der Waals surface area contributed by atoms with Crippen LogP contribution in [0.5, 0.6) is 0 Å². The smallest absolute Gasteiger partial charge is 0.258 e. The van der Waals surface area contributed by atoms with Gasteiger partial charge < -0.3 is 0 Å². The van der Waals surface area contributed by atoms with Crippen molar-refractivity contribution >= 4 is 40.5 Å². The van der Waals surface area contributed by atoms with Crippen molar-refractivity contribution in [2.75, 3.05) is 0 Å². The summed E-state index contributed by atoms with van der Waals surface area (Å²) in [6.07, 6.45) is 0.499. The van der Waals surface area contributed by atoms with E-state index in [0.717, 1.165) is 6.07 Å². The van der Waals surface area contributed by atoms with Crippen LogP contribution in [0.1, 0.15) is 12.5 Å². The summed E-state index contributed by atoms with van der Waals surface area (Å²) in [5.41, 5.74) is 0.297. The molecule has 0 aromatic heterocycles. The second kappa shape index (κ2) is 4.34. The minimum Gasteiger partial charge on any atom is -0.258 e. The van der Waals surface area contributed by atoms with Gasteiger partial charge in [-0.3, -0.25) is 10.1 Å². The number of halogens is 3. The van der Waals surface area contributed by atoms with Gasteiger partial charge in [0.15, 0.2) is 0 Å². The second-order valence-corrected chi connectivity index (χ2v) is 3.76. The first kappa shape index (κ1) is 11.6. The third-order valence-corrected chi connectivity index (χ3v) is 3.03. The number of hydrogen-bond acceptors (Lipinski definition) is 2. The van der Waals surface area contributed by atoms with E-state index in [9.17, 15) is 10.1 Å². The van der Waals surface area contributed by atoms with Crippen molar-refractivity contribution in [3.8, 4) is 0 Å². The Labute approximate surface area is 95.7 Å². The number of nitro groups is 1. The quantitative estimate of drug-likeness (QED) is 0.453. The monoisotopic (exact) mass is 253 g/mol. The molecule has 0 aliphatic rings. The molecule has 0 saturated heterocycles. The van der Waals surface area contributed by atoms with Crippen molar-refractivity contribution in [2.45, 2.75) is 13.3 Å². The lowest BCUT2D eigenvalue weighted by molar-refractivity contribution is -0.384. The van der Waals surface area contributed by atoms with Crippen LogP contribution in [0.3, 0.4) is 0 Å². The average Bonchev–Trinajstić information content (AvgIpc) is 2.12. The minimum atomic E-state index is -0.580. The third kappa shape index (κ3) is 1.95. The Kier molecular flexibility index (Phi) is 3.59. The normalized spacial score (nSPS) is 10.3. The Morgan fingerprint density at radius 1 is 1.36 bits per heavy atom. The molecule has 0 saturated carbocycles. The molecule has 0 unspecified atom stereocenters. The van der Waals surface area contributed by atoms with Crippen LogP contribution in [0.4, 0.5) is 5.69 Å². The third-order valence-electron chi connectivity index (χ3n) is 1.78. The van der Waals surface area contributed by atoms with E-state index < -0.39 is 4.92 Å². The van der Waals surface area contributed by atoms with Crippen LogP contribution >= 0.6 is 34.8 Å². The first-order chi connectivity index (χ1) is 6.49. The van der Waals surface area contributed by atoms with Crippen LogP contribution in [-0.4, -0.2) is 4.92 Å². The van der Waals surface area contributed by atoms with Gasteiger partial charge in [-0.2, -0.15) is 0 Å². The molecule has 0 amide bonds. The van der Waals surface area contributed by atoms with E-state index in [1.807, 2.05) is 0 Å². The molecule has 14 heavy (non-hydrogen) atoms. The molecule has 76 valence electrons. The highest BCUT2D eigenvalue weighted by Crippen LogP contribution is 2.38. The highest BCUT2D eigenvalue weighted by atomic mass is 35.5. The van der Waals surface area contributed by atoms with Gasteiger partial charge in [-0.05, 0) is 12.0 Å². The zero-order valence-electron chi connectivity index (χ0n) is 7.18. The van der Waals surface area contributed by atoms with Crippen LogP contribution in [0.15, 0.2) is 6.07 Å². The first-order valence-electron chi connectivity index (χ1n) is 3.79. The number of nitrogens with zero attached hydrogens (tertiary/aromatic N) is 1. The summed E-state index contributed by atoms with van der Waals surface area (Å²) in [5.74, 6) is 0. The summed E-state index contributed by atoms with van der Waals surface area (Å²) in [7, 11) is 0. The Bertz CT molecular complexity index is 393. The largest absolute Gasteiger partial charge is 0.289 e. The summed E-state index contributed by atoms with van der Waals surface area (Å²) < 4.78 is 0. The summed E-state index contributed by atoms with van der Waals surface area (Å²) >= 11 is 17.4. The Balaban J connectivity index is 3.50. The number of benzene rings is 1. The SMILES string of the molecule is CCc1c(Cl)c(Cl)cc([N+](=O)[O-])c1Cl. The molecule has 0 aliphatic carbocycles. The van der Waals surface area contributed by atoms with E-state index >= 15 is 0 Å².